The van der Waals surface area contributed by atoms with Gasteiger partial charge in [-0.05, 0) is 35.9 Å². The fraction of sp³-hybridized carbons (Fsp3) is 0.316. The van der Waals surface area contributed by atoms with Crippen LogP contribution in [-0.2, 0) is 4.79 Å². The van der Waals surface area contributed by atoms with Crippen LogP contribution in [0.4, 0.5) is 0 Å². The summed E-state index contributed by atoms with van der Waals surface area (Å²) in [5, 5.41) is 13.3. The minimum atomic E-state index is -0.876. The van der Waals surface area contributed by atoms with Crippen LogP contribution in [0.3, 0.4) is 0 Å². The molecule has 2 aromatic carbocycles. The van der Waals surface area contributed by atoms with Gasteiger partial charge in [-0.2, -0.15) is 0 Å². The normalized spacial score (nSPS) is 18.5. The van der Waals surface area contributed by atoms with Crippen molar-refractivity contribution in [2.75, 3.05) is 26.1 Å². The Kier molecular flexibility index (Phi) is 7.65. The lowest BCUT2D eigenvalue weighted by molar-refractivity contribution is -0.138. The van der Waals surface area contributed by atoms with E-state index in [9.17, 15) is 4.79 Å². The molecule has 0 bridgehead atoms. The molecule has 0 amide bonds. The Hall–Kier alpha value is -1.51. The van der Waals surface area contributed by atoms with Crippen molar-refractivity contribution in [3.05, 3.63) is 51.0 Å². The number of thioether (sulfide) groups is 1. The molecule has 1 fully saturated rings. The Morgan fingerprint density at radius 2 is 1.90 bits per heavy atom. The zero-order valence-corrected chi connectivity index (χ0v) is 18.4. The summed E-state index contributed by atoms with van der Waals surface area (Å²) in [6, 6.07) is 7.90. The van der Waals surface area contributed by atoms with Crippen molar-refractivity contribution in [3.8, 4) is 17.2 Å². The van der Waals surface area contributed by atoms with Gasteiger partial charge >= 0.3 is 5.97 Å². The van der Waals surface area contributed by atoms with E-state index in [0.717, 1.165) is 5.56 Å². The molecule has 2 unspecified atom stereocenters. The highest BCUT2D eigenvalue weighted by atomic mass is 35.5. The molecule has 1 aliphatic rings. The lowest BCUT2D eigenvalue weighted by Gasteiger charge is -2.17. The number of hydrogen-bond acceptors (Lipinski definition) is 6. The average molecular weight is 479 g/mol. The SMILES string of the molecule is COc1cc(C2NC(C(=O)O)CS2)cc(Cl)c1OCCOc1ccc(Cl)cc1Cl. The van der Waals surface area contributed by atoms with Gasteiger partial charge in [0, 0.05) is 10.8 Å². The van der Waals surface area contributed by atoms with Crippen LogP contribution in [0.2, 0.25) is 15.1 Å². The van der Waals surface area contributed by atoms with Crippen LogP contribution in [0, 0.1) is 0 Å². The van der Waals surface area contributed by atoms with Gasteiger partial charge in [0.05, 0.1) is 22.5 Å². The molecule has 3 rings (SSSR count). The number of aliphatic carboxylic acids is 1. The fourth-order valence-corrected chi connectivity index (χ4v) is 4.67. The number of methoxy groups -OCH3 is 1. The van der Waals surface area contributed by atoms with E-state index in [1.165, 1.54) is 18.9 Å². The van der Waals surface area contributed by atoms with Crippen LogP contribution in [0.15, 0.2) is 30.3 Å². The molecular weight excluding hydrogens is 461 g/mol. The highest BCUT2D eigenvalue weighted by molar-refractivity contribution is 7.99. The maximum atomic E-state index is 11.1. The smallest absolute Gasteiger partial charge is 0.321 e. The average Bonchev–Trinajstić information content (AvgIpc) is 3.17. The molecule has 29 heavy (non-hydrogen) atoms. The monoisotopic (exact) mass is 477 g/mol. The summed E-state index contributed by atoms with van der Waals surface area (Å²) < 4.78 is 16.8. The Bertz CT molecular complexity index is 898. The molecule has 1 heterocycles. The predicted octanol–water partition coefficient (Wildman–Crippen LogP) is 4.90. The number of carboxylic acids is 1. The van der Waals surface area contributed by atoms with Crippen LogP contribution in [-0.4, -0.2) is 43.2 Å². The topological polar surface area (TPSA) is 77.0 Å². The maximum Gasteiger partial charge on any atom is 0.321 e. The molecule has 6 nitrogen and oxygen atoms in total. The first-order chi connectivity index (χ1) is 13.9. The third-order valence-corrected chi connectivity index (χ3v) is 6.19. The van der Waals surface area contributed by atoms with Crippen molar-refractivity contribution < 1.29 is 24.1 Å². The van der Waals surface area contributed by atoms with Crippen molar-refractivity contribution in [2.45, 2.75) is 11.4 Å². The Balaban J connectivity index is 1.63. The van der Waals surface area contributed by atoms with E-state index in [1.807, 2.05) is 0 Å². The standard InChI is InChI=1S/C19H18Cl3NO5S/c1-26-16-7-10(18-23-14(9-29-18)19(24)25)6-13(22)17(16)28-5-4-27-15-3-2-11(20)8-12(15)21/h2-3,6-8,14,18,23H,4-5,9H2,1H3,(H,24,25). The Morgan fingerprint density at radius 3 is 2.55 bits per heavy atom. The third kappa shape index (κ3) is 5.55. The van der Waals surface area contributed by atoms with Crippen molar-refractivity contribution in [1.29, 1.82) is 0 Å². The molecular formula is C19H18Cl3NO5S. The number of carboxylic acid groups (broad SMARTS) is 1. The van der Waals surface area contributed by atoms with Crippen molar-refractivity contribution in [1.82, 2.24) is 5.32 Å². The first kappa shape index (κ1) is 22.2. The van der Waals surface area contributed by atoms with Gasteiger partial charge < -0.3 is 19.3 Å². The third-order valence-electron chi connectivity index (χ3n) is 4.12. The molecule has 1 aliphatic heterocycles. The Labute approximate surface area is 187 Å². The van der Waals surface area contributed by atoms with Crippen LogP contribution in [0.5, 0.6) is 17.2 Å². The highest BCUT2D eigenvalue weighted by Gasteiger charge is 2.31. The van der Waals surface area contributed by atoms with E-state index in [0.29, 0.717) is 38.1 Å². The second kappa shape index (κ2) is 10.00. The molecule has 0 radical (unpaired) electrons. The van der Waals surface area contributed by atoms with Gasteiger partial charge in [-0.25, -0.2) is 0 Å². The molecule has 0 aliphatic carbocycles. The zero-order chi connectivity index (χ0) is 21.0. The van der Waals surface area contributed by atoms with Crippen LogP contribution >= 0.6 is 46.6 Å². The van der Waals surface area contributed by atoms with Gasteiger partial charge in [0.2, 0.25) is 0 Å². The van der Waals surface area contributed by atoms with Gasteiger partial charge in [0.25, 0.3) is 0 Å². The maximum absolute atomic E-state index is 11.1. The number of rotatable bonds is 8. The first-order valence-electron chi connectivity index (χ1n) is 8.57. The minimum Gasteiger partial charge on any atom is -0.493 e. The van der Waals surface area contributed by atoms with Crippen LogP contribution < -0.4 is 19.5 Å². The summed E-state index contributed by atoms with van der Waals surface area (Å²) in [6.07, 6.45) is 0. The van der Waals surface area contributed by atoms with E-state index >= 15 is 0 Å². The van der Waals surface area contributed by atoms with Crippen molar-refractivity contribution in [3.63, 3.8) is 0 Å². The van der Waals surface area contributed by atoms with Gasteiger partial charge in [-0.15, -0.1) is 11.8 Å². The summed E-state index contributed by atoms with van der Waals surface area (Å²) in [5.41, 5.74) is 0.817. The molecule has 2 aromatic rings. The molecule has 10 heteroatoms. The quantitative estimate of drug-likeness (QED) is 0.522. The predicted molar refractivity (Wildman–Crippen MR) is 115 cm³/mol. The van der Waals surface area contributed by atoms with Crippen LogP contribution in [0.25, 0.3) is 0 Å². The minimum absolute atomic E-state index is 0.188. The number of benzene rings is 2. The highest BCUT2D eigenvalue weighted by Crippen LogP contribution is 2.42. The van der Waals surface area contributed by atoms with Crippen molar-refractivity contribution in [2.24, 2.45) is 0 Å². The Morgan fingerprint density at radius 1 is 1.14 bits per heavy atom. The molecule has 0 saturated carbocycles. The van der Waals surface area contributed by atoms with Gasteiger partial charge in [0.15, 0.2) is 11.5 Å². The van der Waals surface area contributed by atoms with E-state index in [2.05, 4.69) is 5.32 Å². The largest absolute Gasteiger partial charge is 0.493 e. The summed E-state index contributed by atoms with van der Waals surface area (Å²) in [7, 11) is 1.52. The first-order valence-corrected chi connectivity index (χ1v) is 10.8. The number of carbonyl (C=O) groups is 1. The number of halogens is 3. The van der Waals surface area contributed by atoms with E-state index in [-0.39, 0.29) is 18.6 Å². The summed E-state index contributed by atoms with van der Waals surface area (Å²) in [6.45, 7) is 0.453. The van der Waals surface area contributed by atoms with Gasteiger partial charge in [0.1, 0.15) is 25.0 Å². The lowest BCUT2D eigenvalue weighted by atomic mass is 10.2. The number of hydrogen-bond donors (Lipinski definition) is 2. The zero-order valence-electron chi connectivity index (χ0n) is 15.3. The lowest BCUT2D eigenvalue weighted by Crippen LogP contribution is -2.33. The molecule has 1 saturated heterocycles. The summed E-state index contributed by atoms with van der Waals surface area (Å²) in [4.78, 5) is 11.1. The van der Waals surface area contributed by atoms with Crippen molar-refractivity contribution >= 4 is 52.5 Å². The second-order valence-corrected chi connectivity index (χ2v) is 8.47. The summed E-state index contributed by atoms with van der Waals surface area (Å²) >= 11 is 19.8. The molecule has 0 spiro atoms. The second-order valence-electron chi connectivity index (χ2n) is 6.08. The van der Waals surface area contributed by atoms with Gasteiger partial charge in [-0.3, -0.25) is 10.1 Å². The molecule has 2 atom stereocenters. The molecule has 2 N–H and O–H groups in total. The fourth-order valence-electron chi connectivity index (χ4n) is 2.73. The molecule has 156 valence electrons. The van der Waals surface area contributed by atoms with Gasteiger partial charge in [-0.1, -0.05) is 34.8 Å². The van der Waals surface area contributed by atoms with Crippen LogP contribution in [0.1, 0.15) is 10.9 Å². The van der Waals surface area contributed by atoms with E-state index in [1.54, 1.807) is 30.3 Å². The number of ether oxygens (including phenoxy) is 3. The summed E-state index contributed by atoms with van der Waals surface area (Å²) in [5.74, 6) is 0.951. The molecule has 0 aromatic heterocycles. The van der Waals surface area contributed by atoms with E-state index < -0.39 is 12.0 Å². The van der Waals surface area contributed by atoms with E-state index in [4.69, 9.17) is 54.1 Å². The number of nitrogens with one attached hydrogen (secondary N) is 1.